The van der Waals surface area contributed by atoms with Gasteiger partial charge in [-0.25, -0.2) is 14.0 Å². The van der Waals surface area contributed by atoms with Crippen molar-refractivity contribution >= 4 is 33.8 Å². The molecule has 0 fully saturated rings. The average Bonchev–Trinajstić information content (AvgIpc) is 2.38. The first kappa shape index (κ1) is 19.1. The van der Waals surface area contributed by atoms with Crippen LogP contribution in [0.1, 0.15) is 38.1 Å². The van der Waals surface area contributed by atoms with Gasteiger partial charge in [0.15, 0.2) is 6.10 Å². The zero-order chi connectivity index (χ0) is 17.8. The predicted octanol–water partition coefficient (Wildman–Crippen LogP) is 2.76. The van der Waals surface area contributed by atoms with E-state index in [1.54, 1.807) is 20.8 Å². The maximum absolute atomic E-state index is 13.6. The Balaban J connectivity index is 2.66. The molecule has 8 heteroatoms. The second kappa shape index (κ2) is 7.54. The lowest BCUT2D eigenvalue weighted by Crippen LogP contribution is -2.50. The molecule has 0 bridgehead atoms. The van der Waals surface area contributed by atoms with Crippen LogP contribution in [0, 0.1) is 5.82 Å². The summed E-state index contributed by atoms with van der Waals surface area (Å²) in [5.74, 6) is -2.57. The standard InChI is InChI=1S/C15H18BrFN2O4/c1-8(12(20)18-14(22)19-15(2,3)4)23-13(21)10-7-9(16)5-6-11(10)17/h5-8H,1-4H3,(H2,18,19,20,22)/t8-/m0/s1. The Morgan fingerprint density at radius 2 is 1.87 bits per heavy atom. The third kappa shape index (κ3) is 6.35. The summed E-state index contributed by atoms with van der Waals surface area (Å²) in [7, 11) is 0. The molecule has 0 radical (unpaired) electrons. The number of benzene rings is 1. The van der Waals surface area contributed by atoms with Crippen LogP contribution in [0.4, 0.5) is 9.18 Å². The fraction of sp³-hybridized carbons (Fsp3) is 0.400. The fourth-order valence-electron chi connectivity index (χ4n) is 1.52. The van der Waals surface area contributed by atoms with Crippen LogP contribution in [-0.2, 0) is 9.53 Å². The van der Waals surface area contributed by atoms with Crippen LogP contribution in [-0.4, -0.2) is 29.6 Å². The highest BCUT2D eigenvalue weighted by Crippen LogP contribution is 2.17. The normalized spacial score (nSPS) is 12.3. The van der Waals surface area contributed by atoms with E-state index in [4.69, 9.17) is 4.74 Å². The molecule has 6 nitrogen and oxygen atoms in total. The lowest BCUT2D eigenvalue weighted by atomic mass is 10.1. The van der Waals surface area contributed by atoms with Gasteiger partial charge in [0.05, 0.1) is 5.56 Å². The number of imide groups is 1. The van der Waals surface area contributed by atoms with Gasteiger partial charge in [-0.1, -0.05) is 15.9 Å². The van der Waals surface area contributed by atoms with E-state index in [0.717, 1.165) is 6.07 Å². The largest absolute Gasteiger partial charge is 0.449 e. The first-order chi connectivity index (χ1) is 10.5. The summed E-state index contributed by atoms with van der Waals surface area (Å²) in [6.07, 6.45) is -1.26. The molecular weight excluding hydrogens is 371 g/mol. The third-order valence-electron chi connectivity index (χ3n) is 2.53. The van der Waals surface area contributed by atoms with Crippen LogP contribution >= 0.6 is 15.9 Å². The number of rotatable bonds is 3. The Kier molecular flexibility index (Phi) is 6.26. The molecule has 0 unspecified atom stereocenters. The minimum atomic E-state index is -1.26. The molecule has 1 atom stereocenters. The Bertz CT molecular complexity index is 628. The number of amides is 3. The summed E-state index contributed by atoms with van der Waals surface area (Å²) >= 11 is 3.11. The van der Waals surface area contributed by atoms with Gasteiger partial charge in [-0.15, -0.1) is 0 Å². The van der Waals surface area contributed by atoms with Gasteiger partial charge in [0.1, 0.15) is 5.82 Å². The van der Waals surface area contributed by atoms with Crippen LogP contribution in [0.5, 0.6) is 0 Å². The average molecular weight is 389 g/mol. The number of hydrogen-bond donors (Lipinski definition) is 2. The quantitative estimate of drug-likeness (QED) is 0.779. The maximum atomic E-state index is 13.6. The highest BCUT2D eigenvalue weighted by molar-refractivity contribution is 9.10. The summed E-state index contributed by atoms with van der Waals surface area (Å²) in [5.41, 5.74) is -0.831. The highest BCUT2D eigenvalue weighted by Gasteiger charge is 2.24. The molecule has 1 aromatic carbocycles. The number of halogens is 2. The van der Waals surface area contributed by atoms with Crippen molar-refractivity contribution in [3.8, 4) is 0 Å². The zero-order valence-electron chi connectivity index (χ0n) is 13.2. The Hall–Kier alpha value is -1.96. The van der Waals surface area contributed by atoms with Gasteiger partial charge in [0, 0.05) is 10.0 Å². The third-order valence-corrected chi connectivity index (χ3v) is 3.02. The summed E-state index contributed by atoms with van der Waals surface area (Å²) in [4.78, 5) is 35.3. The van der Waals surface area contributed by atoms with Crippen molar-refractivity contribution in [3.63, 3.8) is 0 Å². The molecule has 0 saturated heterocycles. The minimum Gasteiger partial charge on any atom is -0.449 e. The number of carbonyl (C=O) groups is 3. The van der Waals surface area contributed by atoms with Gasteiger partial charge >= 0.3 is 12.0 Å². The van der Waals surface area contributed by atoms with E-state index in [0.29, 0.717) is 4.47 Å². The monoisotopic (exact) mass is 388 g/mol. The van der Waals surface area contributed by atoms with E-state index < -0.39 is 35.4 Å². The van der Waals surface area contributed by atoms with Crippen molar-refractivity contribution in [3.05, 3.63) is 34.1 Å². The van der Waals surface area contributed by atoms with Crippen LogP contribution in [0.15, 0.2) is 22.7 Å². The van der Waals surface area contributed by atoms with Gasteiger partial charge < -0.3 is 10.1 Å². The molecule has 23 heavy (non-hydrogen) atoms. The van der Waals surface area contributed by atoms with Crippen molar-refractivity contribution in [1.29, 1.82) is 0 Å². The number of esters is 1. The first-order valence-electron chi connectivity index (χ1n) is 6.78. The number of ether oxygens (including phenoxy) is 1. The zero-order valence-corrected chi connectivity index (χ0v) is 14.8. The van der Waals surface area contributed by atoms with Crippen LogP contribution in [0.2, 0.25) is 0 Å². The number of carbonyl (C=O) groups excluding carboxylic acids is 3. The molecule has 0 spiro atoms. The van der Waals surface area contributed by atoms with Gasteiger partial charge in [0.25, 0.3) is 5.91 Å². The maximum Gasteiger partial charge on any atom is 0.341 e. The Labute approximate surface area is 141 Å². The molecule has 3 amide bonds. The molecule has 1 aromatic rings. The molecule has 126 valence electrons. The van der Waals surface area contributed by atoms with Crippen molar-refractivity contribution in [2.45, 2.75) is 39.3 Å². The molecule has 1 rings (SSSR count). The second-order valence-electron chi connectivity index (χ2n) is 5.87. The molecule has 0 aliphatic carbocycles. The first-order valence-corrected chi connectivity index (χ1v) is 7.58. The number of urea groups is 1. The van der Waals surface area contributed by atoms with Gasteiger partial charge in [-0.3, -0.25) is 10.1 Å². The predicted molar refractivity (Wildman–Crippen MR) is 85.4 cm³/mol. The molecule has 0 aliphatic rings. The summed E-state index contributed by atoms with van der Waals surface area (Å²) in [6, 6.07) is 3.06. The molecule has 0 aromatic heterocycles. The number of nitrogens with one attached hydrogen (secondary N) is 2. The molecule has 0 aliphatic heterocycles. The van der Waals surface area contributed by atoms with Crippen LogP contribution < -0.4 is 10.6 Å². The lowest BCUT2D eigenvalue weighted by molar-refractivity contribution is -0.127. The Morgan fingerprint density at radius 3 is 2.43 bits per heavy atom. The second-order valence-corrected chi connectivity index (χ2v) is 6.78. The highest BCUT2D eigenvalue weighted by atomic mass is 79.9. The van der Waals surface area contributed by atoms with Crippen molar-refractivity contribution < 1.29 is 23.5 Å². The molecule has 0 saturated carbocycles. The van der Waals surface area contributed by atoms with E-state index in [1.165, 1.54) is 19.1 Å². The fourth-order valence-corrected chi connectivity index (χ4v) is 1.88. The number of hydrogen-bond acceptors (Lipinski definition) is 4. The van der Waals surface area contributed by atoms with E-state index in [2.05, 4.69) is 21.2 Å². The van der Waals surface area contributed by atoms with Crippen molar-refractivity contribution in [1.82, 2.24) is 10.6 Å². The van der Waals surface area contributed by atoms with E-state index in [9.17, 15) is 18.8 Å². The van der Waals surface area contributed by atoms with Crippen LogP contribution in [0.3, 0.4) is 0 Å². The van der Waals surface area contributed by atoms with Gasteiger partial charge in [-0.05, 0) is 45.9 Å². The summed E-state index contributed by atoms with van der Waals surface area (Å²) < 4.78 is 18.9. The van der Waals surface area contributed by atoms with E-state index in [-0.39, 0.29) is 5.56 Å². The smallest absolute Gasteiger partial charge is 0.341 e. The molecule has 0 heterocycles. The van der Waals surface area contributed by atoms with E-state index >= 15 is 0 Å². The van der Waals surface area contributed by atoms with Crippen molar-refractivity contribution in [2.75, 3.05) is 0 Å². The van der Waals surface area contributed by atoms with Gasteiger partial charge in [-0.2, -0.15) is 0 Å². The SMILES string of the molecule is C[C@H](OC(=O)c1cc(Br)ccc1F)C(=O)NC(=O)NC(C)(C)C. The van der Waals surface area contributed by atoms with Crippen LogP contribution in [0.25, 0.3) is 0 Å². The van der Waals surface area contributed by atoms with E-state index in [1.807, 2.05) is 5.32 Å². The topological polar surface area (TPSA) is 84.5 Å². The molecule has 2 N–H and O–H groups in total. The van der Waals surface area contributed by atoms with Crippen molar-refractivity contribution in [2.24, 2.45) is 0 Å². The molecular formula is C15H18BrFN2O4. The minimum absolute atomic E-state index is 0.307. The Morgan fingerprint density at radius 1 is 1.26 bits per heavy atom. The lowest BCUT2D eigenvalue weighted by Gasteiger charge is -2.21. The van der Waals surface area contributed by atoms with Gasteiger partial charge in [0.2, 0.25) is 0 Å². The summed E-state index contributed by atoms with van der Waals surface area (Å²) in [6.45, 7) is 6.52. The summed E-state index contributed by atoms with van der Waals surface area (Å²) in [5, 5.41) is 4.58.